The zero-order chi connectivity index (χ0) is 12.3. The van der Waals surface area contributed by atoms with Gasteiger partial charge < -0.3 is 15.0 Å². The lowest BCUT2D eigenvalue weighted by atomic mass is 10.1. The predicted molar refractivity (Wildman–Crippen MR) is 73.5 cm³/mol. The molecule has 1 unspecified atom stereocenters. The highest BCUT2D eigenvalue weighted by Crippen LogP contribution is 2.17. The highest BCUT2D eigenvalue weighted by molar-refractivity contribution is 4.75. The monoisotopic (exact) mass is 242 g/mol. The average molecular weight is 242 g/mol. The van der Waals surface area contributed by atoms with Gasteiger partial charge in [0.25, 0.3) is 0 Å². The first-order chi connectivity index (χ1) is 8.34. The molecule has 17 heavy (non-hydrogen) atoms. The van der Waals surface area contributed by atoms with E-state index in [1.54, 1.807) is 0 Å². The lowest BCUT2D eigenvalue weighted by molar-refractivity contribution is 0.110. The third kappa shape index (κ3) is 7.02. The molecule has 0 saturated carbocycles. The van der Waals surface area contributed by atoms with Crippen molar-refractivity contribution in [3.8, 4) is 0 Å². The summed E-state index contributed by atoms with van der Waals surface area (Å²) in [7, 11) is 2.23. The quantitative estimate of drug-likeness (QED) is 0.595. The molecule has 0 aliphatic carbocycles. The summed E-state index contributed by atoms with van der Waals surface area (Å²) in [6.07, 6.45) is 7.60. The summed E-state index contributed by atoms with van der Waals surface area (Å²) in [5.74, 6) is 0. The van der Waals surface area contributed by atoms with Gasteiger partial charge in [0.2, 0.25) is 0 Å². The first kappa shape index (κ1) is 14.9. The molecule has 1 aliphatic heterocycles. The van der Waals surface area contributed by atoms with Gasteiger partial charge in [-0.3, -0.25) is 0 Å². The van der Waals surface area contributed by atoms with Crippen LogP contribution in [0.1, 0.15) is 45.4 Å². The van der Waals surface area contributed by atoms with Gasteiger partial charge >= 0.3 is 0 Å². The van der Waals surface area contributed by atoms with E-state index in [1.165, 1.54) is 45.1 Å². The third-order valence-corrected chi connectivity index (χ3v) is 3.59. The summed E-state index contributed by atoms with van der Waals surface area (Å²) in [6, 6.07) is 0.779. The zero-order valence-electron chi connectivity index (χ0n) is 11.7. The minimum absolute atomic E-state index is 0.779. The summed E-state index contributed by atoms with van der Waals surface area (Å²) in [5, 5.41) is 3.41. The van der Waals surface area contributed by atoms with Crippen LogP contribution >= 0.6 is 0 Å². The van der Waals surface area contributed by atoms with Gasteiger partial charge in [0.15, 0.2) is 0 Å². The molecule has 1 fully saturated rings. The molecule has 1 atom stereocenters. The van der Waals surface area contributed by atoms with Crippen LogP contribution in [0.4, 0.5) is 0 Å². The molecule has 0 amide bonds. The summed E-state index contributed by atoms with van der Waals surface area (Å²) >= 11 is 0. The van der Waals surface area contributed by atoms with E-state index in [0.29, 0.717) is 0 Å². The van der Waals surface area contributed by atoms with Crippen molar-refractivity contribution in [1.29, 1.82) is 0 Å². The second-order valence-corrected chi connectivity index (χ2v) is 5.13. The Labute approximate surface area is 107 Å². The second kappa shape index (κ2) is 9.86. The lowest BCUT2D eigenvalue weighted by Crippen LogP contribution is -2.26. The highest BCUT2D eigenvalue weighted by Gasteiger charge is 2.19. The SMILES string of the molecule is CCCNCCCCOCCC1CCCN1C. The van der Waals surface area contributed by atoms with Gasteiger partial charge in [0.05, 0.1) is 0 Å². The fourth-order valence-electron chi connectivity index (χ4n) is 2.42. The van der Waals surface area contributed by atoms with Gasteiger partial charge in [0.1, 0.15) is 0 Å². The van der Waals surface area contributed by atoms with Crippen LogP contribution in [0.15, 0.2) is 0 Å². The Morgan fingerprint density at radius 2 is 2.12 bits per heavy atom. The van der Waals surface area contributed by atoms with E-state index >= 15 is 0 Å². The van der Waals surface area contributed by atoms with Crippen molar-refractivity contribution in [2.75, 3.05) is 39.9 Å². The highest BCUT2D eigenvalue weighted by atomic mass is 16.5. The molecule has 0 aromatic rings. The fourth-order valence-corrected chi connectivity index (χ4v) is 2.42. The smallest absolute Gasteiger partial charge is 0.0480 e. The Bertz CT molecular complexity index is 176. The van der Waals surface area contributed by atoms with E-state index in [-0.39, 0.29) is 0 Å². The van der Waals surface area contributed by atoms with Crippen molar-refractivity contribution in [2.24, 2.45) is 0 Å². The molecule has 1 saturated heterocycles. The van der Waals surface area contributed by atoms with Crippen LogP contribution in [0.2, 0.25) is 0 Å². The Hall–Kier alpha value is -0.120. The van der Waals surface area contributed by atoms with E-state index in [1.807, 2.05) is 0 Å². The first-order valence-electron chi connectivity index (χ1n) is 7.33. The van der Waals surface area contributed by atoms with Gasteiger partial charge in [-0.2, -0.15) is 0 Å². The van der Waals surface area contributed by atoms with Crippen LogP contribution in [-0.4, -0.2) is 50.8 Å². The van der Waals surface area contributed by atoms with E-state index in [9.17, 15) is 0 Å². The number of nitrogens with one attached hydrogen (secondary N) is 1. The third-order valence-electron chi connectivity index (χ3n) is 3.59. The number of hydrogen-bond donors (Lipinski definition) is 1. The largest absolute Gasteiger partial charge is 0.381 e. The molecule has 3 nitrogen and oxygen atoms in total. The maximum atomic E-state index is 5.70. The van der Waals surface area contributed by atoms with E-state index in [4.69, 9.17) is 4.74 Å². The molecule has 1 heterocycles. The minimum atomic E-state index is 0.779. The lowest BCUT2D eigenvalue weighted by Gasteiger charge is -2.18. The number of unbranched alkanes of at least 4 members (excludes halogenated alkanes) is 1. The van der Waals surface area contributed by atoms with Gasteiger partial charge in [-0.1, -0.05) is 6.92 Å². The number of nitrogens with zero attached hydrogens (tertiary/aromatic N) is 1. The maximum Gasteiger partial charge on any atom is 0.0480 e. The van der Waals surface area contributed by atoms with Crippen LogP contribution in [-0.2, 0) is 4.74 Å². The molecule has 1 aliphatic rings. The Morgan fingerprint density at radius 1 is 1.24 bits per heavy atom. The molecule has 102 valence electrons. The van der Waals surface area contributed by atoms with Crippen molar-refractivity contribution in [3.63, 3.8) is 0 Å². The molecular formula is C14H30N2O. The van der Waals surface area contributed by atoms with Gasteiger partial charge in [-0.05, 0) is 65.2 Å². The molecule has 0 radical (unpaired) electrons. The summed E-state index contributed by atoms with van der Waals surface area (Å²) in [5.41, 5.74) is 0. The first-order valence-corrected chi connectivity index (χ1v) is 7.33. The second-order valence-electron chi connectivity index (χ2n) is 5.13. The molecule has 1 N–H and O–H groups in total. The van der Waals surface area contributed by atoms with Crippen LogP contribution < -0.4 is 5.32 Å². The van der Waals surface area contributed by atoms with Crippen molar-refractivity contribution in [1.82, 2.24) is 10.2 Å². The van der Waals surface area contributed by atoms with Crippen LogP contribution in [0, 0.1) is 0 Å². The maximum absolute atomic E-state index is 5.70. The molecule has 0 aromatic heterocycles. The molecular weight excluding hydrogens is 212 g/mol. The topological polar surface area (TPSA) is 24.5 Å². The summed E-state index contributed by atoms with van der Waals surface area (Å²) in [6.45, 7) is 7.64. The van der Waals surface area contributed by atoms with E-state index in [0.717, 1.165) is 32.3 Å². The van der Waals surface area contributed by atoms with Crippen molar-refractivity contribution in [2.45, 2.75) is 51.5 Å². The molecule has 0 spiro atoms. The Morgan fingerprint density at radius 3 is 2.82 bits per heavy atom. The van der Waals surface area contributed by atoms with Crippen molar-refractivity contribution >= 4 is 0 Å². The minimum Gasteiger partial charge on any atom is -0.381 e. The fraction of sp³-hybridized carbons (Fsp3) is 1.00. The van der Waals surface area contributed by atoms with E-state index < -0.39 is 0 Å². The van der Waals surface area contributed by atoms with E-state index in [2.05, 4.69) is 24.2 Å². The van der Waals surface area contributed by atoms with Crippen molar-refractivity contribution < 1.29 is 4.74 Å². The van der Waals surface area contributed by atoms with Crippen LogP contribution in [0.5, 0.6) is 0 Å². The molecule has 1 rings (SSSR count). The van der Waals surface area contributed by atoms with Crippen molar-refractivity contribution in [3.05, 3.63) is 0 Å². The average Bonchev–Trinajstić information content (AvgIpc) is 2.73. The summed E-state index contributed by atoms with van der Waals surface area (Å²) in [4.78, 5) is 2.47. The van der Waals surface area contributed by atoms with Gasteiger partial charge in [-0.25, -0.2) is 0 Å². The number of ether oxygens (including phenoxy) is 1. The van der Waals surface area contributed by atoms with Gasteiger partial charge in [0, 0.05) is 19.3 Å². The number of likely N-dealkylation sites (tertiary alicyclic amines) is 1. The predicted octanol–water partition coefficient (Wildman–Crippen LogP) is 2.27. The van der Waals surface area contributed by atoms with Crippen LogP contribution in [0.3, 0.4) is 0 Å². The number of rotatable bonds is 10. The molecule has 0 aromatic carbocycles. The normalized spacial score (nSPS) is 21.2. The van der Waals surface area contributed by atoms with Crippen LogP contribution in [0.25, 0.3) is 0 Å². The standard InChI is InChI=1S/C14H30N2O/c1-3-9-15-10-4-5-12-17-13-8-14-7-6-11-16(14)2/h14-15H,3-13H2,1-2H3. The summed E-state index contributed by atoms with van der Waals surface area (Å²) < 4.78 is 5.70. The Balaban J connectivity index is 1.78. The molecule has 0 bridgehead atoms. The number of hydrogen-bond acceptors (Lipinski definition) is 3. The zero-order valence-corrected chi connectivity index (χ0v) is 11.7. The van der Waals surface area contributed by atoms with Gasteiger partial charge in [-0.15, -0.1) is 0 Å². The Kier molecular flexibility index (Phi) is 8.67. The molecule has 3 heteroatoms.